The summed E-state index contributed by atoms with van der Waals surface area (Å²) in [6.45, 7) is 0.489. The molecule has 1 aromatic carbocycles. The quantitative estimate of drug-likeness (QED) is 0.939. The lowest BCUT2D eigenvalue weighted by molar-refractivity contribution is 0.628. The number of rotatable bonds is 3. The third kappa shape index (κ3) is 2.24. The Morgan fingerprint density at radius 3 is 2.94 bits per heavy atom. The summed E-state index contributed by atoms with van der Waals surface area (Å²) in [5.41, 5.74) is 0.463. The van der Waals surface area contributed by atoms with Gasteiger partial charge in [0.1, 0.15) is 11.6 Å². The highest BCUT2D eigenvalue weighted by Gasteiger charge is 2.06. The predicted octanol–water partition coefficient (Wildman–Crippen LogP) is 2.93. The Morgan fingerprint density at radius 2 is 2.31 bits per heavy atom. The molecule has 0 saturated carbocycles. The lowest BCUT2D eigenvalue weighted by Gasteiger charge is -2.09. The highest BCUT2D eigenvalue weighted by molar-refractivity contribution is 9.10. The van der Waals surface area contributed by atoms with E-state index in [4.69, 9.17) is 0 Å². The maximum Gasteiger partial charge on any atom is 0.147 e. The Bertz CT molecular complexity index is 475. The van der Waals surface area contributed by atoms with Crippen molar-refractivity contribution >= 4 is 21.6 Å². The second kappa shape index (κ2) is 4.65. The van der Waals surface area contributed by atoms with Gasteiger partial charge in [0.25, 0.3) is 0 Å². The van der Waals surface area contributed by atoms with Crippen LogP contribution in [0.2, 0.25) is 0 Å². The number of halogens is 2. The number of hydrogen-bond donors (Lipinski definition) is 1. The van der Waals surface area contributed by atoms with Crippen molar-refractivity contribution in [3.63, 3.8) is 0 Å². The van der Waals surface area contributed by atoms with E-state index in [1.807, 2.05) is 17.8 Å². The van der Waals surface area contributed by atoms with Gasteiger partial charge in [-0.1, -0.05) is 6.07 Å². The van der Waals surface area contributed by atoms with Crippen molar-refractivity contribution in [2.75, 3.05) is 5.32 Å². The Hall–Kier alpha value is -1.36. The second-order valence-corrected chi connectivity index (χ2v) is 4.26. The van der Waals surface area contributed by atoms with Gasteiger partial charge in [0, 0.05) is 23.9 Å². The molecule has 84 valence electrons. The molecule has 0 bridgehead atoms. The minimum Gasteiger partial charge on any atom is -0.375 e. The van der Waals surface area contributed by atoms with E-state index in [-0.39, 0.29) is 5.82 Å². The van der Waals surface area contributed by atoms with Crippen LogP contribution in [0.3, 0.4) is 0 Å². The van der Waals surface area contributed by atoms with E-state index in [1.165, 1.54) is 6.07 Å². The highest BCUT2D eigenvalue weighted by Crippen LogP contribution is 2.25. The van der Waals surface area contributed by atoms with Gasteiger partial charge in [-0.05, 0) is 28.1 Å². The van der Waals surface area contributed by atoms with Gasteiger partial charge in [0.15, 0.2) is 0 Å². The first-order valence-electron chi connectivity index (χ1n) is 4.82. The molecule has 1 N–H and O–H groups in total. The lowest BCUT2D eigenvalue weighted by atomic mass is 10.3. The van der Waals surface area contributed by atoms with Crippen LogP contribution in [-0.4, -0.2) is 9.55 Å². The van der Waals surface area contributed by atoms with Crippen molar-refractivity contribution in [2.24, 2.45) is 7.05 Å². The zero-order valence-electron chi connectivity index (χ0n) is 8.74. The van der Waals surface area contributed by atoms with Crippen molar-refractivity contribution < 1.29 is 4.39 Å². The number of anilines is 1. The van der Waals surface area contributed by atoms with Crippen molar-refractivity contribution in [2.45, 2.75) is 6.54 Å². The third-order valence-electron chi connectivity index (χ3n) is 2.31. The average Bonchev–Trinajstić information content (AvgIpc) is 2.64. The van der Waals surface area contributed by atoms with Crippen LogP contribution in [0.25, 0.3) is 0 Å². The molecule has 2 aromatic rings. The first-order valence-corrected chi connectivity index (χ1v) is 5.62. The van der Waals surface area contributed by atoms with Crippen molar-refractivity contribution in [3.8, 4) is 0 Å². The molecule has 3 nitrogen and oxygen atoms in total. The minimum atomic E-state index is -0.274. The fraction of sp³-hybridized carbons (Fsp3) is 0.182. The van der Waals surface area contributed by atoms with Crippen LogP contribution in [0, 0.1) is 5.82 Å². The molecule has 0 atom stereocenters. The summed E-state index contributed by atoms with van der Waals surface area (Å²) in [5.74, 6) is 0.582. The topological polar surface area (TPSA) is 29.9 Å². The summed E-state index contributed by atoms with van der Waals surface area (Å²) in [6.07, 6.45) is 3.57. The number of aromatic nitrogens is 2. The average molecular weight is 284 g/mol. The molecule has 16 heavy (non-hydrogen) atoms. The molecule has 0 fully saturated rings. The largest absolute Gasteiger partial charge is 0.375 e. The van der Waals surface area contributed by atoms with Gasteiger partial charge < -0.3 is 9.88 Å². The van der Waals surface area contributed by atoms with Gasteiger partial charge in [-0.2, -0.15) is 0 Å². The van der Waals surface area contributed by atoms with Crippen LogP contribution in [0.4, 0.5) is 10.1 Å². The van der Waals surface area contributed by atoms with Gasteiger partial charge >= 0.3 is 0 Å². The fourth-order valence-corrected chi connectivity index (χ4v) is 1.88. The summed E-state index contributed by atoms with van der Waals surface area (Å²) < 4.78 is 16.1. The smallest absolute Gasteiger partial charge is 0.147 e. The number of aryl methyl sites for hydroxylation is 1. The van der Waals surface area contributed by atoms with E-state index in [1.54, 1.807) is 18.3 Å². The molecule has 0 aliphatic rings. The van der Waals surface area contributed by atoms with Gasteiger partial charge in [-0.3, -0.25) is 0 Å². The summed E-state index contributed by atoms with van der Waals surface area (Å²) in [6, 6.07) is 4.88. The van der Waals surface area contributed by atoms with Crippen molar-refractivity contribution in [3.05, 3.63) is 46.7 Å². The standard InChI is InChI=1S/C11H11BrFN3/c1-16-6-5-14-10(16)7-15-11-8(12)3-2-4-9(11)13/h2-6,15H,7H2,1H3. The molecule has 0 spiro atoms. The maximum absolute atomic E-state index is 13.5. The number of nitrogens with one attached hydrogen (secondary N) is 1. The summed E-state index contributed by atoms with van der Waals surface area (Å²) in [4.78, 5) is 4.15. The van der Waals surface area contributed by atoms with Gasteiger partial charge in [-0.15, -0.1) is 0 Å². The molecule has 0 aliphatic heterocycles. The molecular formula is C11H11BrFN3. The molecule has 0 amide bonds. The first kappa shape index (κ1) is 11.1. The van der Waals surface area contributed by atoms with Crippen LogP contribution in [-0.2, 0) is 13.6 Å². The van der Waals surface area contributed by atoms with E-state index in [0.717, 1.165) is 5.82 Å². The molecule has 0 unspecified atom stereocenters. The number of imidazole rings is 1. The van der Waals surface area contributed by atoms with E-state index < -0.39 is 0 Å². The maximum atomic E-state index is 13.5. The Labute approximate surface area is 101 Å². The summed E-state index contributed by atoms with van der Waals surface area (Å²) in [5, 5.41) is 3.02. The van der Waals surface area contributed by atoms with Crippen molar-refractivity contribution in [1.82, 2.24) is 9.55 Å². The molecule has 1 heterocycles. The molecule has 2 rings (SSSR count). The summed E-state index contributed by atoms with van der Waals surface area (Å²) >= 11 is 3.30. The Morgan fingerprint density at radius 1 is 1.50 bits per heavy atom. The van der Waals surface area contributed by atoms with Crippen LogP contribution >= 0.6 is 15.9 Å². The van der Waals surface area contributed by atoms with Gasteiger partial charge in [0.2, 0.25) is 0 Å². The Kier molecular flexibility index (Phi) is 3.24. The van der Waals surface area contributed by atoms with E-state index >= 15 is 0 Å². The fourth-order valence-electron chi connectivity index (χ4n) is 1.40. The molecular weight excluding hydrogens is 273 g/mol. The van der Waals surface area contributed by atoms with Crippen LogP contribution in [0.5, 0.6) is 0 Å². The van der Waals surface area contributed by atoms with Crippen LogP contribution < -0.4 is 5.32 Å². The number of nitrogens with zero attached hydrogens (tertiary/aromatic N) is 2. The number of para-hydroxylation sites is 1. The monoisotopic (exact) mass is 283 g/mol. The lowest BCUT2D eigenvalue weighted by Crippen LogP contribution is -2.07. The molecule has 5 heteroatoms. The Balaban J connectivity index is 2.14. The van der Waals surface area contributed by atoms with Gasteiger partial charge in [0.05, 0.1) is 12.2 Å². The molecule has 1 aromatic heterocycles. The predicted molar refractivity (Wildman–Crippen MR) is 64.6 cm³/mol. The highest BCUT2D eigenvalue weighted by atomic mass is 79.9. The van der Waals surface area contributed by atoms with Crippen molar-refractivity contribution in [1.29, 1.82) is 0 Å². The van der Waals surface area contributed by atoms with E-state index in [2.05, 4.69) is 26.2 Å². The second-order valence-electron chi connectivity index (χ2n) is 3.40. The SMILES string of the molecule is Cn1ccnc1CNc1c(F)cccc1Br. The third-order valence-corrected chi connectivity index (χ3v) is 2.97. The first-order chi connectivity index (χ1) is 7.68. The van der Waals surface area contributed by atoms with Crippen LogP contribution in [0.15, 0.2) is 35.1 Å². The van der Waals surface area contributed by atoms with Gasteiger partial charge in [-0.25, -0.2) is 9.37 Å². The number of benzene rings is 1. The molecule has 0 saturated heterocycles. The van der Waals surface area contributed by atoms with E-state index in [0.29, 0.717) is 16.7 Å². The summed E-state index contributed by atoms with van der Waals surface area (Å²) in [7, 11) is 1.90. The normalized spacial score (nSPS) is 10.4. The number of hydrogen-bond acceptors (Lipinski definition) is 2. The van der Waals surface area contributed by atoms with Crippen LogP contribution in [0.1, 0.15) is 5.82 Å². The zero-order chi connectivity index (χ0) is 11.5. The zero-order valence-corrected chi connectivity index (χ0v) is 10.3. The molecule has 0 radical (unpaired) electrons. The minimum absolute atomic E-state index is 0.274. The molecule has 0 aliphatic carbocycles. The van der Waals surface area contributed by atoms with E-state index in [9.17, 15) is 4.39 Å².